The molecule has 3 heterocycles. The molecule has 0 saturated carbocycles. The Kier molecular flexibility index (Phi) is 12.8. The molecule has 0 bridgehead atoms. The van der Waals surface area contributed by atoms with Crippen molar-refractivity contribution in [1.29, 1.82) is 0 Å². The van der Waals surface area contributed by atoms with E-state index in [0.717, 1.165) is 43.4 Å². The van der Waals surface area contributed by atoms with Crippen LogP contribution in [0.2, 0.25) is 0 Å². The molecule has 55 heavy (non-hydrogen) atoms. The van der Waals surface area contributed by atoms with E-state index in [-0.39, 0.29) is 90.3 Å². The molecule has 1 unspecified atom stereocenters. The summed E-state index contributed by atoms with van der Waals surface area (Å²) < 4.78 is 11.6. The van der Waals surface area contributed by atoms with Crippen LogP contribution in [0.3, 0.4) is 0 Å². The van der Waals surface area contributed by atoms with Gasteiger partial charge in [-0.15, -0.1) is 0 Å². The third-order valence-electron chi connectivity index (χ3n) is 11.5. The van der Waals surface area contributed by atoms with Crippen molar-refractivity contribution < 1.29 is 48.1 Å². The Morgan fingerprint density at radius 1 is 1.00 bits per heavy atom. The highest BCUT2D eigenvalue weighted by atomic mass is 16.6. The molecule has 0 aromatic heterocycles. The Hall–Kier alpha value is -4.85. The number of cyclic esters (lactones) is 1. The van der Waals surface area contributed by atoms with Crippen molar-refractivity contribution in [2.24, 2.45) is 23.7 Å². The number of unbranched alkanes of at least 4 members (excludes halogenated alkanes) is 4. The van der Waals surface area contributed by atoms with Gasteiger partial charge in [0.25, 0.3) is 11.8 Å². The Bertz CT molecular complexity index is 1760. The van der Waals surface area contributed by atoms with Crippen molar-refractivity contribution in [3.05, 3.63) is 53.1 Å². The van der Waals surface area contributed by atoms with Crippen LogP contribution in [0.4, 0.5) is 10.5 Å². The van der Waals surface area contributed by atoms with Crippen molar-refractivity contribution in [3.8, 4) is 0 Å². The summed E-state index contributed by atoms with van der Waals surface area (Å²) in [6.45, 7) is 4.76. The zero-order chi connectivity index (χ0) is 39.2. The summed E-state index contributed by atoms with van der Waals surface area (Å²) in [4.78, 5) is 88.8. The third-order valence-corrected chi connectivity index (χ3v) is 11.5. The Balaban J connectivity index is 0.896. The number of ether oxygens (including phenoxy) is 2. The van der Waals surface area contributed by atoms with E-state index in [1.165, 1.54) is 11.6 Å². The monoisotopic (exact) mass is 760 g/mol. The number of rotatable bonds is 14. The van der Waals surface area contributed by atoms with Crippen LogP contribution < -0.4 is 16.0 Å². The summed E-state index contributed by atoms with van der Waals surface area (Å²) in [7, 11) is 0. The summed E-state index contributed by atoms with van der Waals surface area (Å²) >= 11 is 0. The first-order valence-corrected chi connectivity index (χ1v) is 19.8. The van der Waals surface area contributed by atoms with E-state index >= 15 is 0 Å². The molecule has 296 valence electrons. The largest absolute Gasteiger partial charge is 0.462 e. The maximum Gasteiger partial charge on any atom is 0.407 e. The predicted molar refractivity (Wildman–Crippen MR) is 199 cm³/mol. The number of anilines is 1. The minimum atomic E-state index is -1.09. The first kappa shape index (κ1) is 39.8. The number of imide groups is 2. The highest BCUT2D eigenvalue weighted by Gasteiger charge is 2.46. The van der Waals surface area contributed by atoms with Gasteiger partial charge >= 0.3 is 12.1 Å². The van der Waals surface area contributed by atoms with Gasteiger partial charge in [0.2, 0.25) is 17.7 Å². The molecular weight excluding hydrogens is 708 g/mol. The molecule has 14 heteroatoms. The van der Waals surface area contributed by atoms with Gasteiger partial charge in [-0.3, -0.25) is 39.0 Å². The standard InChI is InChI=1S/C41H52N4O10/c1-23-19-25-13-12-24(2)28(15-14-27-21-26(46)22-35(49)54-27)36(25)32(20-23)55-41(53)42-18-7-5-3-4-6-11-33(47)43-30-10-8-9-29-37(30)40(52)45(39(29)51)31-16-17-34(48)44-38(31)50/h8-10,12-13,19,23-24,26-28,31-32,36,46H,3-7,11,14-18,20-22H2,1-2H3,(H,42,53)(H,43,47)(H,44,48,50)/t23-,24-,26+,27+,28-,31?,32-,36-/m0/s1. The second-order valence-electron chi connectivity index (χ2n) is 15.7. The van der Waals surface area contributed by atoms with E-state index in [2.05, 4.69) is 48.0 Å². The molecule has 14 nitrogen and oxygen atoms in total. The Labute approximate surface area is 320 Å². The number of hydrogen-bond donors (Lipinski definition) is 4. The zero-order valence-electron chi connectivity index (χ0n) is 31.6. The van der Waals surface area contributed by atoms with Crippen LogP contribution in [-0.2, 0) is 28.7 Å². The summed E-state index contributed by atoms with van der Waals surface area (Å²) in [6.07, 6.45) is 11.7. The molecule has 1 aromatic rings. The number of alkyl carbamates (subject to hydrolysis) is 1. The van der Waals surface area contributed by atoms with Crippen molar-refractivity contribution in [2.75, 3.05) is 11.9 Å². The highest BCUT2D eigenvalue weighted by molar-refractivity contribution is 6.26. The maximum atomic E-state index is 13.3. The Morgan fingerprint density at radius 3 is 2.56 bits per heavy atom. The molecule has 3 aliphatic heterocycles. The molecule has 0 radical (unpaired) electrons. The lowest BCUT2D eigenvalue weighted by Crippen LogP contribution is -2.54. The van der Waals surface area contributed by atoms with E-state index in [4.69, 9.17) is 9.47 Å². The second kappa shape index (κ2) is 17.7. The normalized spacial score (nSPS) is 28.8. The number of aliphatic hydroxyl groups excluding tert-OH is 1. The van der Waals surface area contributed by atoms with Crippen molar-refractivity contribution in [2.45, 2.75) is 122 Å². The second-order valence-corrected chi connectivity index (χ2v) is 15.7. The number of carbonyl (C=O) groups is 7. The molecule has 6 amide bonds. The van der Waals surface area contributed by atoms with Gasteiger partial charge < -0.3 is 25.2 Å². The van der Waals surface area contributed by atoms with Gasteiger partial charge in [-0.25, -0.2) is 4.79 Å². The predicted octanol–water partition coefficient (Wildman–Crippen LogP) is 4.71. The van der Waals surface area contributed by atoms with Gasteiger partial charge in [-0.2, -0.15) is 0 Å². The minimum absolute atomic E-state index is 0.0196. The number of allylic oxidation sites excluding steroid dienone is 3. The summed E-state index contributed by atoms with van der Waals surface area (Å²) in [5.74, 6) is -2.35. The number of carbonyl (C=O) groups excluding carboxylic acids is 7. The molecule has 8 atom stereocenters. The van der Waals surface area contributed by atoms with Gasteiger partial charge in [0.05, 0.1) is 29.3 Å². The number of nitrogens with zero attached hydrogens (tertiary/aromatic N) is 1. The lowest BCUT2D eigenvalue weighted by molar-refractivity contribution is -0.160. The fourth-order valence-electron chi connectivity index (χ4n) is 8.78. The fraction of sp³-hybridized carbons (Fsp3) is 0.585. The Morgan fingerprint density at radius 2 is 1.78 bits per heavy atom. The van der Waals surface area contributed by atoms with Gasteiger partial charge in [-0.05, 0) is 74.0 Å². The van der Waals surface area contributed by atoms with Crippen molar-refractivity contribution in [1.82, 2.24) is 15.5 Å². The van der Waals surface area contributed by atoms with Gasteiger partial charge in [0, 0.05) is 31.7 Å². The average Bonchev–Trinajstić information content (AvgIpc) is 3.38. The summed E-state index contributed by atoms with van der Waals surface area (Å²) in [5, 5.41) is 17.9. The van der Waals surface area contributed by atoms with E-state index in [1.54, 1.807) is 12.1 Å². The zero-order valence-corrected chi connectivity index (χ0v) is 31.6. The molecule has 0 spiro atoms. The van der Waals surface area contributed by atoms with Gasteiger partial charge in [-0.1, -0.05) is 57.4 Å². The minimum Gasteiger partial charge on any atom is -0.462 e. The van der Waals surface area contributed by atoms with Crippen LogP contribution in [0.25, 0.3) is 0 Å². The quantitative estimate of drug-likeness (QED) is 0.117. The smallest absolute Gasteiger partial charge is 0.407 e. The number of fused-ring (bicyclic) bond motifs is 2. The molecule has 2 aliphatic carbocycles. The molecule has 1 aromatic carbocycles. The van der Waals surface area contributed by atoms with Gasteiger partial charge in [0.1, 0.15) is 18.2 Å². The molecule has 2 saturated heterocycles. The van der Waals surface area contributed by atoms with Crippen LogP contribution in [0.1, 0.15) is 118 Å². The van der Waals surface area contributed by atoms with E-state index < -0.39 is 41.9 Å². The maximum absolute atomic E-state index is 13.3. The van der Waals surface area contributed by atoms with Crippen molar-refractivity contribution >= 4 is 47.3 Å². The van der Waals surface area contributed by atoms with Crippen LogP contribution in [0, 0.1) is 23.7 Å². The van der Waals surface area contributed by atoms with Crippen LogP contribution >= 0.6 is 0 Å². The molecule has 2 fully saturated rings. The number of amides is 6. The number of hydrogen-bond acceptors (Lipinski definition) is 10. The first-order valence-electron chi connectivity index (χ1n) is 19.8. The number of aliphatic hydroxyl groups is 1. The third kappa shape index (κ3) is 9.52. The summed E-state index contributed by atoms with van der Waals surface area (Å²) in [5.41, 5.74) is 1.54. The SMILES string of the molecule is C[C@H]1C=C2C=C[C@H](C)[C@H](CC[C@@H]3C[C@@H](O)CC(=O)O3)[C@H]2[C@@H](OC(=O)NCCCCCCCC(=O)Nc2cccc3c2C(=O)N(C2CCC(=O)NC2=O)C3=O)C1. The molecule has 4 N–H and O–H groups in total. The number of nitrogens with one attached hydrogen (secondary N) is 3. The van der Waals surface area contributed by atoms with Crippen LogP contribution in [0.15, 0.2) is 42.0 Å². The van der Waals surface area contributed by atoms with Crippen molar-refractivity contribution in [3.63, 3.8) is 0 Å². The average molecular weight is 761 g/mol. The number of benzene rings is 1. The van der Waals surface area contributed by atoms with Gasteiger partial charge in [0.15, 0.2) is 0 Å². The fourth-order valence-corrected chi connectivity index (χ4v) is 8.78. The molecule has 6 rings (SSSR count). The molecule has 5 aliphatic rings. The first-order chi connectivity index (χ1) is 26.4. The number of piperidine rings is 1. The lowest BCUT2D eigenvalue weighted by Gasteiger charge is -2.43. The van der Waals surface area contributed by atoms with E-state index in [1.807, 2.05) is 0 Å². The van der Waals surface area contributed by atoms with Crippen LogP contribution in [-0.4, -0.2) is 82.5 Å². The summed E-state index contributed by atoms with van der Waals surface area (Å²) in [6, 6.07) is 3.51. The lowest BCUT2D eigenvalue weighted by atomic mass is 9.65. The topological polar surface area (TPSA) is 198 Å². The van der Waals surface area contributed by atoms with E-state index in [9.17, 15) is 38.7 Å². The molecular formula is C41H52N4O10. The highest BCUT2D eigenvalue weighted by Crippen LogP contribution is 2.45. The number of esters is 1. The van der Waals surface area contributed by atoms with Crippen LogP contribution in [0.5, 0.6) is 0 Å². The van der Waals surface area contributed by atoms with E-state index in [0.29, 0.717) is 25.8 Å².